The van der Waals surface area contributed by atoms with E-state index in [0.29, 0.717) is 34.6 Å². The molecule has 0 saturated heterocycles. The minimum atomic E-state index is -0.587. The van der Waals surface area contributed by atoms with Gasteiger partial charge in [-0.05, 0) is 43.7 Å². The molecule has 0 unspecified atom stereocenters. The lowest BCUT2D eigenvalue weighted by molar-refractivity contribution is -0.120. The van der Waals surface area contributed by atoms with Gasteiger partial charge in [-0.15, -0.1) is 15.3 Å². The highest BCUT2D eigenvalue weighted by atomic mass is 16.5. The molecule has 5 rings (SSSR count). The molecular weight excluding hydrogens is 440 g/mol. The summed E-state index contributed by atoms with van der Waals surface area (Å²) in [6.45, 7) is 3.44. The van der Waals surface area contributed by atoms with E-state index < -0.39 is 5.91 Å². The second-order valence-electron chi connectivity index (χ2n) is 7.94. The number of hydrogen-bond acceptors (Lipinski definition) is 8. The van der Waals surface area contributed by atoms with Crippen molar-refractivity contribution >= 4 is 23.3 Å². The van der Waals surface area contributed by atoms with E-state index in [0.717, 1.165) is 16.8 Å². The Kier molecular flexibility index (Phi) is 5.11. The highest BCUT2D eigenvalue weighted by Gasteiger charge is 2.33. The van der Waals surface area contributed by atoms with Crippen LogP contribution in [0.1, 0.15) is 35.0 Å². The Morgan fingerprint density at radius 3 is 2.76 bits per heavy atom. The monoisotopic (exact) mass is 462 g/mol. The number of amides is 2. The molecule has 0 aliphatic carbocycles. The number of fused-ring (bicyclic) bond motifs is 2. The molecule has 0 bridgehead atoms. The number of aromatic nitrogens is 6. The van der Waals surface area contributed by atoms with Crippen LogP contribution in [-0.2, 0) is 9.59 Å². The summed E-state index contributed by atoms with van der Waals surface area (Å²) in [6, 6.07) is 8.91. The number of methoxy groups -OCH3 is 1. The molecule has 1 aliphatic rings. The number of ether oxygens (including phenoxy) is 2. The smallest absolute Gasteiger partial charge is 0.255 e. The SMILES string of the molecule is COc1cc([C@@H]2CC(=O)Nc3c2c(C)nn3-c2ccc3nnc(C)n3n2)ccc1OCC(N)=O. The van der Waals surface area contributed by atoms with E-state index in [4.69, 9.17) is 15.2 Å². The molecule has 4 heterocycles. The van der Waals surface area contributed by atoms with Gasteiger partial charge in [-0.1, -0.05) is 6.07 Å². The lowest BCUT2D eigenvalue weighted by Gasteiger charge is -2.25. The number of anilines is 1. The number of nitrogens with one attached hydrogen (secondary N) is 1. The molecule has 1 atom stereocenters. The van der Waals surface area contributed by atoms with E-state index in [-0.39, 0.29) is 24.9 Å². The average Bonchev–Trinajstić information content (AvgIpc) is 3.36. The van der Waals surface area contributed by atoms with Crippen LogP contribution >= 0.6 is 0 Å². The Balaban J connectivity index is 1.58. The lowest BCUT2D eigenvalue weighted by Crippen LogP contribution is -2.25. The number of primary amides is 1. The maximum Gasteiger partial charge on any atom is 0.255 e. The van der Waals surface area contributed by atoms with Crippen LogP contribution in [0.2, 0.25) is 0 Å². The molecule has 2 amide bonds. The standard InChI is InChI=1S/C22H22N8O4/c1-11-21-14(13-4-5-15(16(8-13)33-3)34-10-17(23)31)9-20(32)24-22(21)30(27-11)19-7-6-18-26-25-12(2)29(18)28-19/h4-8,14H,9-10H2,1-3H3,(H2,23,31)(H,24,32)/t14-/m0/s1. The van der Waals surface area contributed by atoms with Crippen molar-refractivity contribution in [1.29, 1.82) is 0 Å². The van der Waals surface area contributed by atoms with Crippen molar-refractivity contribution in [3.05, 3.63) is 53.0 Å². The van der Waals surface area contributed by atoms with E-state index in [1.807, 2.05) is 19.9 Å². The summed E-state index contributed by atoms with van der Waals surface area (Å²) < 4.78 is 14.1. The summed E-state index contributed by atoms with van der Waals surface area (Å²) in [7, 11) is 1.51. The van der Waals surface area contributed by atoms with Crippen molar-refractivity contribution in [2.45, 2.75) is 26.2 Å². The second kappa shape index (κ2) is 8.14. The van der Waals surface area contributed by atoms with Crippen LogP contribution in [-0.4, -0.2) is 55.1 Å². The third-order valence-corrected chi connectivity index (χ3v) is 5.68. The van der Waals surface area contributed by atoms with Crippen LogP contribution in [0, 0.1) is 13.8 Å². The zero-order valence-electron chi connectivity index (χ0n) is 18.8. The van der Waals surface area contributed by atoms with Crippen molar-refractivity contribution in [1.82, 2.24) is 29.6 Å². The van der Waals surface area contributed by atoms with Gasteiger partial charge in [0.05, 0.1) is 12.8 Å². The van der Waals surface area contributed by atoms with E-state index in [2.05, 4.69) is 25.7 Å². The number of nitrogens with zero attached hydrogens (tertiary/aromatic N) is 6. The largest absolute Gasteiger partial charge is 0.493 e. The minimum absolute atomic E-state index is 0.145. The zero-order valence-corrected chi connectivity index (χ0v) is 18.8. The number of benzene rings is 1. The second-order valence-corrected chi connectivity index (χ2v) is 7.94. The molecule has 34 heavy (non-hydrogen) atoms. The first-order valence-electron chi connectivity index (χ1n) is 10.5. The Labute approximate surface area is 193 Å². The van der Waals surface area contributed by atoms with Crippen LogP contribution in [0.4, 0.5) is 5.82 Å². The molecule has 3 N–H and O–H groups in total. The number of carbonyl (C=O) groups is 2. The van der Waals surface area contributed by atoms with E-state index in [9.17, 15) is 9.59 Å². The van der Waals surface area contributed by atoms with E-state index in [1.165, 1.54) is 7.11 Å². The van der Waals surface area contributed by atoms with E-state index >= 15 is 0 Å². The first-order valence-corrected chi connectivity index (χ1v) is 10.5. The number of carbonyl (C=O) groups excluding carboxylic acids is 2. The molecule has 0 radical (unpaired) electrons. The van der Waals surface area contributed by atoms with Gasteiger partial charge in [-0.2, -0.15) is 14.3 Å². The van der Waals surface area contributed by atoms with Crippen molar-refractivity contribution in [3.63, 3.8) is 0 Å². The summed E-state index contributed by atoms with van der Waals surface area (Å²) >= 11 is 0. The predicted molar refractivity (Wildman–Crippen MR) is 120 cm³/mol. The fourth-order valence-electron chi connectivity index (χ4n) is 4.17. The van der Waals surface area contributed by atoms with Crippen LogP contribution < -0.4 is 20.5 Å². The summed E-state index contributed by atoms with van der Waals surface area (Å²) in [6.07, 6.45) is 0.237. The van der Waals surface area contributed by atoms with Gasteiger partial charge in [0.1, 0.15) is 5.82 Å². The van der Waals surface area contributed by atoms with Crippen LogP contribution in [0.15, 0.2) is 30.3 Å². The van der Waals surface area contributed by atoms with Crippen molar-refractivity contribution in [2.24, 2.45) is 5.73 Å². The van der Waals surface area contributed by atoms with Crippen molar-refractivity contribution < 1.29 is 19.1 Å². The molecule has 12 nitrogen and oxygen atoms in total. The average molecular weight is 462 g/mol. The summed E-state index contributed by atoms with van der Waals surface area (Å²) in [5.41, 5.74) is 8.28. The first-order chi connectivity index (χ1) is 16.4. The predicted octanol–water partition coefficient (Wildman–Crippen LogP) is 1.27. The third-order valence-electron chi connectivity index (χ3n) is 5.68. The lowest BCUT2D eigenvalue weighted by atomic mass is 9.85. The van der Waals surface area contributed by atoms with Gasteiger partial charge in [-0.3, -0.25) is 9.59 Å². The molecule has 4 aromatic rings. The van der Waals surface area contributed by atoms with Crippen LogP contribution in [0.3, 0.4) is 0 Å². The topological polar surface area (TPSA) is 152 Å². The molecule has 0 saturated carbocycles. The van der Waals surface area contributed by atoms with E-state index in [1.54, 1.807) is 33.5 Å². The number of aryl methyl sites for hydroxylation is 2. The maximum atomic E-state index is 12.7. The van der Waals surface area contributed by atoms with Gasteiger partial charge in [0.2, 0.25) is 5.91 Å². The van der Waals surface area contributed by atoms with Gasteiger partial charge < -0.3 is 20.5 Å². The van der Waals surface area contributed by atoms with Crippen molar-refractivity contribution in [3.8, 4) is 17.3 Å². The van der Waals surface area contributed by atoms with Crippen molar-refractivity contribution in [2.75, 3.05) is 19.0 Å². The number of nitrogens with two attached hydrogens (primary N) is 1. The molecular formula is C22H22N8O4. The van der Waals surface area contributed by atoms with Gasteiger partial charge in [0, 0.05) is 17.9 Å². The molecule has 0 fully saturated rings. The van der Waals surface area contributed by atoms with Crippen LogP contribution in [0.25, 0.3) is 11.5 Å². The highest BCUT2D eigenvalue weighted by Crippen LogP contribution is 2.42. The highest BCUT2D eigenvalue weighted by molar-refractivity contribution is 5.95. The Morgan fingerprint density at radius 1 is 1.18 bits per heavy atom. The quantitative estimate of drug-likeness (QED) is 0.435. The number of hydrogen-bond donors (Lipinski definition) is 2. The third kappa shape index (κ3) is 3.58. The molecule has 0 spiro atoms. The fraction of sp³-hybridized carbons (Fsp3) is 0.273. The van der Waals surface area contributed by atoms with Gasteiger partial charge in [0.15, 0.2) is 35.4 Å². The fourth-order valence-corrected chi connectivity index (χ4v) is 4.17. The molecule has 12 heteroatoms. The van der Waals surface area contributed by atoms with Crippen LogP contribution in [0.5, 0.6) is 11.5 Å². The molecule has 174 valence electrons. The van der Waals surface area contributed by atoms with Gasteiger partial charge in [0.25, 0.3) is 5.91 Å². The summed E-state index contributed by atoms with van der Waals surface area (Å²) in [4.78, 5) is 23.8. The minimum Gasteiger partial charge on any atom is -0.493 e. The molecule has 3 aromatic heterocycles. The Morgan fingerprint density at radius 2 is 2.00 bits per heavy atom. The number of rotatable bonds is 6. The Hall–Kier alpha value is -4.48. The Bertz CT molecular complexity index is 1440. The first kappa shape index (κ1) is 21.4. The zero-order chi connectivity index (χ0) is 24.0. The summed E-state index contributed by atoms with van der Waals surface area (Å²) in [5.74, 6) is 1.55. The molecule has 1 aliphatic heterocycles. The van der Waals surface area contributed by atoms with Gasteiger partial charge >= 0.3 is 0 Å². The summed E-state index contributed by atoms with van der Waals surface area (Å²) in [5, 5.41) is 20.3. The molecule has 1 aromatic carbocycles. The van der Waals surface area contributed by atoms with Gasteiger partial charge in [-0.25, -0.2) is 0 Å². The maximum absolute atomic E-state index is 12.7. The normalized spacial score (nSPS) is 15.1.